The molecule has 0 saturated carbocycles. The summed E-state index contributed by atoms with van der Waals surface area (Å²) < 4.78 is 11.2. The van der Waals surface area contributed by atoms with Crippen molar-refractivity contribution < 1.29 is 14.3 Å². The number of halogens is 1. The Morgan fingerprint density at radius 1 is 1.17 bits per heavy atom. The summed E-state index contributed by atoms with van der Waals surface area (Å²) in [6, 6.07) is 9.15. The van der Waals surface area contributed by atoms with Crippen molar-refractivity contribution in [3.8, 4) is 5.75 Å². The monoisotopic (exact) mass is 310 g/mol. The molecule has 3 nitrogen and oxygen atoms in total. The van der Waals surface area contributed by atoms with Crippen LogP contribution in [0.5, 0.6) is 5.75 Å². The molecule has 18 heavy (non-hydrogen) atoms. The highest BCUT2D eigenvalue weighted by Crippen LogP contribution is 2.30. The van der Waals surface area contributed by atoms with Crippen molar-refractivity contribution in [1.82, 2.24) is 0 Å². The van der Waals surface area contributed by atoms with Crippen molar-refractivity contribution in [2.75, 3.05) is 0 Å². The van der Waals surface area contributed by atoms with Gasteiger partial charge in [0.1, 0.15) is 11.9 Å². The van der Waals surface area contributed by atoms with E-state index in [1.807, 2.05) is 38.1 Å². The van der Waals surface area contributed by atoms with Gasteiger partial charge in [-0.05, 0) is 53.5 Å². The van der Waals surface area contributed by atoms with E-state index in [1.54, 1.807) is 12.3 Å². The second-order valence-electron chi connectivity index (χ2n) is 4.29. The first-order chi connectivity index (χ1) is 8.58. The van der Waals surface area contributed by atoms with Crippen LogP contribution in [0, 0.1) is 0 Å². The van der Waals surface area contributed by atoms with Gasteiger partial charge in [0.25, 0.3) is 0 Å². The SMILES string of the molecule is CC(C)Oc1ccc(C(O)c2ccoc2Br)cc1. The van der Waals surface area contributed by atoms with E-state index in [-0.39, 0.29) is 6.10 Å². The summed E-state index contributed by atoms with van der Waals surface area (Å²) >= 11 is 3.26. The summed E-state index contributed by atoms with van der Waals surface area (Å²) in [5.41, 5.74) is 1.51. The van der Waals surface area contributed by atoms with Gasteiger partial charge in [-0.15, -0.1) is 0 Å². The number of rotatable bonds is 4. The zero-order chi connectivity index (χ0) is 13.1. The van der Waals surface area contributed by atoms with E-state index in [1.165, 1.54) is 0 Å². The summed E-state index contributed by atoms with van der Waals surface area (Å²) in [5, 5.41) is 10.2. The van der Waals surface area contributed by atoms with Gasteiger partial charge >= 0.3 is 0 Å². The second-order valence-corrected chi connectivity index (χ2v) is 5.01. The molecule has 0 bridgehead atoms. The smallest absolute Gasteiger partial charge is 0.175 e. The van der Waals surface area contributed by atoms with Crippen molar-refractivity contribution in [3.05, 3.63) is 52.4 Å². The molecule has 1 heterocycles. The molecule has 2 aromatic rings. The lowest BCUT2D eigenvalue weighted by Crippen LogP contribution is -2.05. The largest absolute Gasteiger partial charge is 0.491 e. The Morgan fingerprint density at radius 2 is 1.83 bits per heavy atom. The minimum atomic E-state index is -0.703. The molecule has 2 rings (SSSR count). The molecule has 0 spiro atoms. The van der Waals surface area contributed by atoms with Crippen LogP contribution in [0.3, 0.4) is 0 Å². The zero-order valence-corrected chi connectivity index (χ0v) is 11.8. The Balaban J connectivity index is 2.17. The standard InChI is InChI=1S/C14H15BrO3/c1-9(2)18-11-5-3-10(4-6-11)13(16)12-7-8-17-14(12)15/h3-9,13,16H,1-2H3. The van der Waals surface area contributed by atoms with Crippen LogP contribution in [-0.2, 0) is 0 Å². The molecule has 0 fully saturated rings. The molecule has 0 amide bonds. The van der Waals surface area contributed by atoms with Gasteiger partial charge in [0.05, 0.1) is 12.4 Å². The maximum atomic E-state index is 10.2. The molecule has 4 heteroatoms. The molecule has 1 aromatic heterocycles. The average molecular weight is 311 g/mol. The second kappa shape index (κ2) is 5.59. The molecule has 0 aliphatic carbocycles. The van der Waals surface area contributed by atoms with Crippen LogP contribution in [-0.4, -0.2) is 11.2 Å². The highest BCUT2D eigenvalue weighted by molar-refractivity contribution is 9.10. The van der Waals surface area contributed by atoms with Gasteiger partial charge in [0.2, 0.25) is 0 Å². The Bertz CT molecular complexity index is 502. The maximum absolute atomic E-state index is 10.2. The number of aliphatic hydroxyl groups excluding tert-OH is 1. The highest BCUT2D eigenvalue weighted by atomic mass is 79.9. The summed E-state index contributed by atoms with van der Waals surface area (Å²) in [6.45, 7) is 3.96. The number of hydrogen-bond acceptors (Lipinski definition) is 3. The van der Waals surface area contributed by atoms with E-state index in [4.69, 9.17) is 9.15 Å². The molecular weight excluding hydrogens is 296 g/mol. The number of hydrogen-bond donors (Lipinski definition) is 1. The zero-order valence-electron chi connectivity index (χ0n) is 10.3. The molecule has 1 atom stereocenters. The fourth-order valence-corrected chi connectivity index (χ4v) is 2.14. The van der Waals surface area contributed by atoms with Gasteiger partial charge in [-0.2, -0.15) is 0 Å². The van der Waals surface area contributed by atoms with Crippen molar-refractivity contribution in [2.24, 2.45) is 0 Å². The summed E-state index contributed by atoms with van der Waals surface area (Å²) in [5.74, 6) is 0.798. The van der Waals surface area contributed by atoms with E-state index in [9.17, 15) is 5.11 Å². The van der Waals surface area contributed by atoms with Crippen molar-refractivity contribution >= 4 is 15.9 Å². The maximum Gasteiger partial charge on any atom is 0.175 e. The Kier molecular flexibility index (Phi) is 4.09. The lowest BCUT2D eigenvalue weighted by molar-refractivity contribution is 0.217. The highest BCUT2D eigenvalue weighted by Gasteiger charge is 2.15. The van der Waals surface area contributed by atoms with E-state index >= 15 is 0 Å². The fourth-order valence-electron chi connectivity index (χ4n) is 1.68. The first-order valence-corrected chi connectivity index (χ1v) is 6.55. The van der Waals surface area contributed by atoms with Gasteiger partial charge in [-0.25, -0.2) is 0 Å². The average Bonchev–Trinajstić information content (AvgIpc) is 2.75. The third-order valence-electron chi connectivity index (χ3n) is 2.51. The molecule has 1 aromatic carbocycles. The van der Waals surface area contributed by atoms with Crippen LogP contribution in [0.1, 0.15) is 31.1 Å². The minimum Gasteiger partial charge on any atom is -0.491 e. The van der Waals surface area contributed by atoms with E-state index in [2.05, 4.69) is 15.9 Å². The number of ether oxygens (including phenoxy) is 1. The Hall–Kier alpha value is -1.26. The molecule has 0 aliphatic rings. The van der Waals surface area contributed by atoms with Gasteiger partial charge in [0.15, 0.2) is 4.67 Å². The summed E-state index contributed by atoms with van der Waals surface area (Å²) in [6.07, 6.45) is 0.980. The van der Waals surface area contributed by atoms with Gasteiger partial charge in [-0.1, -0.05) is 12.1 Å². The predicted octanol–water partition coefficient (Wildman–Crippen LogP) is 3.91. The first-order valence-electron chi connectivity index (χ1n) is 5.75. The molecule has 1 N–H and O–H groups in total. The summed E-state index contributed by atoms with van der Waals surface area (Å²) in [4.78, 5) is 0. The van der Waals surface area contributed by atoms with E-state index in [0.29, 0.717) is 10.2 Å². The first kappa shape index (κ1) is 13.2. The fraction of sp³-hybridized carbons (Fsp3) is 0.286. The topological polar surface area (TPSA) is 42.6 Å². The van der Waals surface area contributed by atoms with Crippen LogP contribution < -0.4 is 4.74 Å². The third-order valence-corrected chi connectivity index (χ3v) is 3.15. The normalized spacial score (nSPS) is 12.7. The Morgan fingerprint density at radius 3 is 2.33 bits per heavy atom. The third kappa shape index (κ3) is 2.94. The van der Waals surface area contributed by atoms with Crippen molar-refractivity contribution in [2.45, 2.75) is 26.1 Å². The number of aliphatic hydroxyl groups is 1. The van der Waals surface area contributed by atoms with Crippen molar-refractivity contribution in [1.29, 1.82) is 0 Å². The van der Waals surface area contributed by atoms with Gasteiger partial charge < -0.3 is 14.3 Å². The van der Waals surface area contributed by atoms with Gasteiger partial charge in [0, 0.05) is 5.56 Å². The molecule has 1 unspecified atom stereocenters. The molecule has 96 valence electrons. The Labute approximate surface area is 115 Å². The lowest BCUT2D eigenvalue weighted by Gasteiger charge is -2.12. The molecule has 0 aliphatic heterocycles. The minimum absolute atomic E-state index is 0.142. The number of benzene rings is 1. The quantitative estimate of drug-likeness (QED) is 0.931. The lowest BCUT2D eigenvalue weighted by atomic mass is 10.0. The van der Waals surface area contributed by atoms with Crippen LogP contribution in [0.25, 0.3) is 0 Å². The number of furan rings is 1. The van der Waals surface area contributed by atoms with E-state index in [0.717, 1.165) is 11.3 Å². The van der Waals surface area contributed by atoms with Crippen molar-refractivity contribution in [3.63, 3.8) is 0 Å². The van der Waals surface area contributed by atoms with Crippen LogP contribution >= 0.6 is 15.9 Å². The van der Waals surface area contributed by atoms with Crippen LogP contribution in [0.15, 0.2) is 45.7 Å². The molecule has 0 saturated heterocycles. The van der Waals surface area contributed by atoms with Gasteiger partial charge in [-0.3, -0.25) is 0 Å². The van der Waals surface area contributed by atoms with Crippen LogP contribution in [0.2, 0.25) is 0 Å². The molecule has 0 radical (unpaired) electrons. The van der Waals surface area contributed by atoms with E-state index < -0.39 is 6.10 Å². The molecular formula is C14H15BrO3. The summed E-state index contributed by atoms with van der Waals surface area (Å²) in [7, 11) is 0. The van der Waals surface area contributed by atoms with Crippen LogP contribution in [0.4, 0.5) is 0 Å². The predicted molar refractivity (Wildman–Crippen MR) is 72.7 cm³/mol.